The molecule has 0 fully saturated rings. The molecule has 0 bridgehead atoms. The molecule has 1 heterocycles. The Morgan fingerprint density at radius 3 is 2.58 bits per heavy atom. The Labute approximate surface area is 174 Å². The van der Waals surface area contributed by atoms with Gasteiger partial charge in [0.1, 0.15) is 11.6 Å². The van der Waals surface area contributed by atoms with Gasteiger partial charge in [-0.1, -0.05) is 20.8 Å². The quantitative estimate of drug-likeness (QED) is 0.372. The highest BCUT2D eigenvalue weighted by Gasteiger charge is 2.17. The van der Waals surface area contributed by atoms with Gasteiger partial charge in [-0.25, -0.2) is 13.8 Å². The van der Waals surface area contributed by atoms with E-state index in [-0.39, 0.29) is 41.5 Å². The van der Waals surface area contributed by atoms with Crippen molar-refractivity contribution >= 4 is 41.3 Å². The molecule has 1 aromatic carbocycles. The Hall–Kier alpha value is -1.29. The third kappa shape index (κ3) is 6.79. The summed E-state index contributed by atoms with van der Waals surface area (Å²) < 4.78 is 26.8. The Morgan fingerprint density at radius 2 is 1.96 bits per heavy atom. The number of nitrogens with zero attached hydrogens (tertiary/aromatic N) is 2. The Bertz CT molecular complexity index is 741. The highest BCUT2D eigenvalue weighted by Crippen LogP contribution is 2.23. The molecule has 26 heavy (non-hydrogen) atoms. The molecule has 0 aliphatic carbocycles. The molecular weight excluding hydrogens is 469 g/mol. The van der Waals surface area contributed by atoms with Crippen LogP contribution in [0.5, 0.6) is 0 Å². The molecule has 2 aromatic rings. The van der Waals surface area contributed by atoms with Crippen LogP contribution in [0.4, 0.5) is 8.78 Å². The normalized spacial score (nSPS) is 11.8. The van der Waals surface area contributed by atoms with E-state index in [1.54, 1.807) is 18.4 Å². The van der Waals surface area contributed by atoms with Gasteiger partial charge < -0.3 is 10.6 Å². The van der Waals surface area contributed by atoms with Crippen molar-refractivity contribution in [1.29, 1.82) is 0 Å². The zero-order valence-electron chi connectivity index (χ0n) is 15.4. The first-order valence-corrected chi connectivity index (χ1v) is 9.01. The van der Waals surface area contributed by atoms with Gasteiger partial charge in [-0.05, 0) is 18.2 Å². The minimum atomic E-state index is -0.459. The topological polar surface area (TPSA) is 49.3 Å². The molecule has 2 rings (SSSR count). The largest absolute Gasteiger partial charge is 0.356 e. The van der Waals surface area contributed by atoms with Crippen LogP contribution in [0.25, 0.3) is 0 Å². The number of guanidine groups is 1. The summed E-state index contributed by atoms with van der Waals surface area (Å²) in [5.41, 5.74) is 1.41. The molecule has 1 aromatic heterocycles. The van der Waals surface area contributed by atoms with Crippen LogP contribution in [-0.4, -0.2) is 24.5 Å². The van der Waals surface area contributed by atoms with Crippen molar-refractivity contribution in [2.75, 3.05) is 13.6 Å². The standard InChI is InChI=1S/C18H24F2N4S.HI/c1-18(2,3)15-11-25-16(24-15)7-8-22-17(21-4)23-10-12-9-13(19)5-6-14(12)20;/h5-6,9,11H,7-8,10H2,1-4H3,(H2,21,22,23);1H. The number of benzene rings is 1. The van der Waals surface area contributed by atoms with Gasteiger partial charge >= 0.3 is 0 Å². The number of hydrogen-bond acceptors (Lipinski definition) is 3. The minimum Gasteiger partial charge on any atom is -0.356 e. The lowest BCUT2D eigenvalue weighted by Crippen LogP contribution is -2.38. The molecule has 2 N–H and O–H groups in total. The van der Waals surface area contributed by atoms with Gasteiger partial charge in [-0.3, -0.25) is 4.99 Å². The van der Waals surface area contributed by atoms with Crippen LogP contribution in [0.1, 0.15) is 37.0 Å². The van der Waals surface area contributed by atoms with E-state index in [4.69, 9.17) is 0 Å². The highest BCUT2D eigenvalue weighted by molar-refractivity contribution is 14.0. The van der Waals surface area contributed by atoms with Crippen LogP contribution in [-0.2, 0) is 18.4 Å². The van der Waals surface area contributed by atoms with Gasteiger partial charge in [-0.15, -0.1) is 35.3 Å². The molecule has 0 amide bonds. The number of aliphatic imine (C=N–C) groups is 1. The minimum absolute atomic E-state index is 0. The van der Waals surface area contributed by atoms with Crippen molar-refractivity contribution in [3.8, 4) is 0 Å². The predicted octanol–water partition coefficient (Wildman–Crippen LogP) is 4.24. The summed E-state index contributed by atoms with van der Waals surface area (Å²) in [6, 6.07) is 3.41. The second-order valence-electron chi connectivity index (χ2n) is 6.71. The van der Waals surface area contributed by atoms with Crippen molar-refractivity contribution in [3.05, 3.63) is 51.5 Å². The summed E-state index contributed by atoms with van der Waals surface area (Å²) in [6.45, 7) is 7.24. The summed E-state index contributed by atoms with van der Waals surface area (Å²) in [5.74, 6) is -0.363. The Morgan fingerprint density at radius 1 is 1.23 bits per heavy atom. The predicted molar refractivity (Wildman–Crippen MR) is 114 cm³/mol. The van der Waals surface area contributed by atoms with Crippen LogP contribution in [0.3, 0.4) is 0 Å². The number of thiazole rings is 1. The van der Waals surface area contributed by atoms with Gasteiger partial charge in [0.25, 0.3) is 0 Å². The molecule has 4 nitrogen and oxygen atoms in total. The molecule has 0 saturated heterocycles. The van der Waals surface area contributed by atoms with Crippen molar-refractivity contribution in [1.82, 2.24) is 15.6 Å². The lowest BCUT2D eigenvalue weighted by Gasteiger charge is -2.14. The molecule has 144 valence electrons. The molecule has 0 unspecified atom stereocenters. The van der Waals surface area contributed by atoms with E-state index in [2.05, 4.69) is 46.8 Å². The third-order valence-corrected chi connectivity index (χ3v) is 4.54. The van der Waals surface area contributed by atoms with Crippen LogP contribution >= 0.6 is 35.3 Å². The monoisotopic (exact) mass is 494 g/mol. The van der Waals surface area contributed by atoms with Gasteiger partial charge in [0, 0.05) is 42.9 Å². The van der Waals surface area contributed by atoms with E-state index >= 15 is 0 Å². The highest BCUT2D eigenvalue weighted by atomic mass is 127. The van der Waals surface area contributed by atoms with Crippen LogP contribution in [0, 0.1) is 11.6 Å². The summed E-state index contributed by atoms with van der Waals surface area (Å²) in [5, 5.41) is 9.30. The third-order valence-electron chi connectivity index (χ3n) is 3.63. The molecule has 0 radical (unpaired) electrons. The van der Waals surface area contributed by atoms with Crippen LogP contribution < -0.4 is 10.6 Å². The first kappa shape index (κ1) is 22.8. The first-order valence-electron chi connectivity index (χ1n) is 8.13. The van der Waals surface area contributed by atoms with Gasteiger partial charge in [0.05, 0.1) is 10.7 Å². The van der Waals surface area contributed by atoms with Crippen LogP contribution in [0.2, 0.25) is 0 Å². The number of halogens is 3. The Balaban J connectivity index is 0.00000338. The molecule has 0 aliphatic rings. The zero-order valence-corrected chi connectivity index (χ0v) is 18.5. The SMILES string of the molecule is CN=C(NCCc1nc(C(C)(C)C)cs1)NCc1cc(F)ccc1F.I. The first-order chi connectivity index (χ1) is 11.8. The molecule has 0 spiro atoms. The second kappa shape index (κ2) is 10.1. The van der Waals surface area contributed by atoms with E-state index in [1.807, 2.05) is 0 Å². The summed E-state index contributed by atoms with van der Waals surface area (Å²) in [4.78, 5) is 8.74. The average molecular weight is 494 g/mol. The fourth-order valence-electron chi connectivity index (χ4n) is 2.14. The maximum absolute atomic E-state index is 13.6. The second-order valence-corrected chi connectivity index (χ2v) is 7.66. The van der Waals surface area contributed by atoms with Crippen molar-refractivity contribution in [2.24, 2.45) is 4.99 Å². The fraction of sp³-hybridized carbons (Fsp3) is 0.444. The zero-order chi connectivity index (χ0) is 18.4. The van der Waals surface area contributed by atoms with E-state index < -0.39 is 11.6 Å². The molecule has 0 aliphatic heterocycles. The van der Waals surface area contributed by atoms with Gasteiger partial charge in [0.2, 0.25) is 0 Å². The number of rotatable bonds is 5. The van der Waals surface area contributed by atoms with Crippen molar-refractivity contribution in [3.63, 3.8) is 0 Å². The lowest BCUT2D eigenvalue weighted by atomic mass is 9.93. The van der Waals surface area contributed by atoms with E-state index in [9.17, 15) is 8.78 Å². The maximum atomic E-state index is 13.6. The summed E-state index contributed by atoms with van der Waals surface area (Å²) in [7, 11) is 1.64. The smallest absolute Gasteiger partial charge is 0.191 e. The number of hydrogen-bond donors (Lipinski definition) is 2. The number of nitrogens with one attached hydrogen (secondary N) is 2. The fourth-order valence-corrected chi connectivity index (χ4v) is 3.16. The van der Waals surface area contributed by atoms with Crippen molar-refractivity contribution < 1.29 is 8.78 Å². The van der Waals surface area contributed by atoms with Crippen molar-refractivity contribution in [2.45, 2.75) is 39.2 Å². The summed E-state index contributed by atoms with van der Waals surface area (Å²) in [6.07, 6.45) is 0.774. The van der Waals surface area contributed by atoms with E-state index in [0.717, 1.165) is 29.3 Å². The van der Waals surface area contributed by atoms with Crippen LogP contribution in [0.15, 0.2) is 28.6 Å². The molecular formula is C18H25F2IN4S. The molecule has 0 atom stereocenters. The Kier molecular flexibility index (Phi) is 8.88. The maximum Gasteiger partial charge on any atom is 0.191 e. The number of aromatic nitrogens is 1. The van der Waals surface area contributed by atoms with E-state index in [0.29, 0.717) is 12.5 Å². The average Bonchev–Trinajstić information content (AvgIpc) is 3.03. The van der Waals surface area contributed by atoms with E-state index in [1.165, 1.54) is 6.07 Å². The molecule has 0 saturated carbocycles. The summed E-state index contributed by atoms with van der Waals surface area (Å²) >= 11 is 1.65. The van der Waals surface area contributed by atoms with Gasteiger partial charge in [-0.2, -0.15) is 0 Å². The lowest BCUT2D eigenvalue weighted by molar-refractivity contribution is 0.570. The molecule has 8 heteroatoms. The van der Waals surface area contributed by atoms with Gasteiger partial charge in [0.15, 0.2) is 5.96 Å².